The van der Waals surface area contributed by atoms with Gasteiger partial charge in [-0.05, 0) is 19.1 Å². The first kappa shape index (κ1) is 14.3. The second-order valence-electron chi connectivity index (χ2n) is 3.59. The molecule has 8 heteroatoms. The molecule has 2 aromatic rings. The largest absolute Gasteiger partial charge is 0.464 e. The first-order valence-corrected chi connectivity index (χ1v) is 6.19. The van der Waals surface area contributed by atoms with Crippen molar-refractivity contribution in [3.05, 3.63) is 29.0 Å². The Morgan fingerprint density at radius 3 is 2.65 bits per heavy atom. The van der Waals surface area contributed by atoms with E-state index in [2.05, 4.69) is 20.3 Å². The Morgan fingerprint density at radius 1 is 1.25 bits per heavy atom. The molecule has 0 saturated heterocycles. The van der Waals surface area contributed by atoms with Gasteiger partial charge in [0.1, 0.15) is 11.6 Å². The van der Waals surface area contributed by atoms with E-state index in [-0.39, 0.29) is 28.7 Å². The van der Waals surface area contributed by atoms with Crippen molar-refractivity contribution in [2.24, 2.45) is 0 Å². The number of nitrogens with zero attached hydrogens (tertiary/aromatic N) is 3. The van der Waals surface area contributed by atoms with E-state index in [9.17, 15) is 4.39 Å². The summed E-state index contributed by atoms with van der Waals surface area (Å²) in [5.74, 6) is -0.0763. The topological polar surface area (TPSA) is 69.2 Å². The van der Waals surface area contributed by atoms with Crippen LogP contribution in [0.15, 0.2) is 18.2 Å². The zero-order chi connectivity index (χ0) is 14.5. The van der Waals surface area contributed by atoms with E-state index in [0.717, 1.165) is 6.07 Å². The molecule has 6 nitrogen and oxygen atoms in total. The average molecular weight is 299 g/mol. The van der Waals surface area contributed by atoms with E-state index in [1.807, 2.05) is 0 Å². The number of nitrogens with one attached hydrogen (secondary N) is 1. The number of benzene rings is 1. The summed E-state index contributed by atoms with van der Waals surface area (Å²) in [6.07, 6.45) is 0. The summed E-state index contributed by atoms with van der Waals surface area (Å²) in [5, 5.41) is 2.77. The van der Waals surface area contributed by atoms with E-state index in [0.29, 0.717) is 6.61 Å². The summed E-state index contributed by atoms with van der Waals surface area (Å²) in [6.45, 7) is 2.21. The van der Waals surface area contributed by atoms with Crippen molar-refractivity contribution in [1.82, 2.24) is 15.0 Å². The SMILES string of the molecule is CCOc1nc(NC)nc(Oc2ccc(Cl)c(F)c2)n1. The third-order valence-corrected chi connectivity index (χ3v) is 2.50. The van der Waals surface area contributed by atoms with Crippen LogP contribution in [0.5, 0.6) is 17.8 Å². The molecular weight excluding hydrogens is 287 g/mol. The van der Waals surface area contributed by atoms with Crippen LogP contribution in [0, 0.1) is 5.82 Å². The smallest absolute Gasteiger partial charge is 0.330 e. The van der Waals surface area contributed by atoms with Gasteiger partial charge in [-0.3, -0.25) is 0 Å². The van der Waals surface area contributed by atoms with Crippen molar-refractivity contribution >= 4 is 17.5 Å². The van der Waals surface area contributed by atoms with Gasteiger partial charge in [0.05, 0.1) is 11.6 Å². The van der Waals surface area contributed by atoms with Crippen LogP contribution in [0.25, 0.3) is 0 Å². The first-order valence-electron chi connectivity index (χ1n) is 5.82. The van der Waals surface area contributed by atoms with Gasteiger partial charge in [-0.2, -0.15) is 9.97 Å². The molecule has 0 unspecified atom stereocenters. The van der Waals surface area contributed by atoms with Gasteiger partial charge in [0.25, 0.3) is 0 Å². The summed E-state index contributed by atoms with van der Waals surface area (Å²) in [4.78, 5) is 11.9. The van der Waals surface area contributed by atoms with Gasteiger partial charge in [0, 0.05) is 13.1 Å². The number of aromatic nitrogens is 3. The molecule has 106 valence electrons. The molecule has 0 aliphatic heterocycles. The van der Waals surface area contributed by atoms with Crippen LogP contribution in [-0.4, -0.2) is 28.6 Å². The highest BCUT2D eigenvalue weighted by Crippen LogP contribution is 2.24. The van der Waals surface area contributed by atoms with Crippen molar-refractivity contribution in [3.8, 4) is 17.8 Å². The van der Waals surface area contributed by atoms with Crippen LogP contribution < -0.4 is 14.8 Å². The second kappa shape index (κ2) is 6.33. The van der Waals surface area contributed by atoms with Crippen molar-refractivity contribution in [1.29, 1.82) is 0 Å². The number of rotatable bonds is 5. The third kappa shape index (κ3) is 3.45. The highest BCUT2D eigenvalue weighted by Gasteiger charge is 2.10. The molecule has 0 fully saturated rings. The monoisotopic (exact) mass is 298 g/mol. The Labute approximate surface area is 119 Å². The van der Waals surface area contributed by atoms with E-state index in [4.69, 9.17) is 21.1 Å². The van der Waals surface area contributed by atoms with Crippen LogP contribution >= 0.6 is 11.6 Å². The Hall–Kier alpha value is -2.15. The van der Waals surface area contributed by atoms with Crippen molar-refractivity contribution in [2.45, 2.75) is 6.92 Å². The van der Waals surface area contributed by atoms with E-state index in [1.54, 1.807) is 14.0 Å². The van der Waals surface area contributed by atoms with Gasteiger partial charge in [-0.15, -0.1) is 4.98 Å². The lowest BCUT2D eigenvalue weighted by molar-refractivity contribution is 0.304. The quantitative estimate of drug-likeness (QED) is 0.915. The normalized spacial score (nSPS) is 10.2. The Bertz CT molecular complexity index is 612. The van der Waals surface area contributed by atoms with E-state index in [1.165, 1.54) is 12.1 Å². The molecular formula is C12H12ClFN4O2. The molecule has 0 saturated carbocycles. The van der Waals surface area contributed by atoms with Gasteiger partial charge >= 0.3 is 12.0 Å². The zero-order valence-electron chi connectivity index (χ0n) is 10.9. The molecule has 2 rings (SSSR count). The molecule has 1 aromatic heterocycles. The minimum Gasteiger partial charge on any atom is -0.464 e. The maximum atomic E-state index is 13.3. The lowest BCUT2D eigenvalue weighted by Crippen LogP contribution is -2.05. The summed E-state index contributed by atoms with van der Waals surface area (Å²) in [7, 11) is 1.65. The summed E-state index contributed by atoms with van der Waals surface area (Å²) in [6, 6.07) is 4.15. The van der Waals surface area contributed by atoms with E-state index < -0.39 is 5.82 Å². The van der Waals surface area contributed by atoms with Gasteiger partial charge in [-0.1, -0.05) is 11.6 Å². The van der Waals surface area contributed by atoms with Gasteiger partial charge in [0.2, 0.25) is 5.95 Å². The molecule has 0 radical (unpaired) electrons. The highest BCUT2D eigenvalue weighted by atomic mass is 35.5. The number of hydrogen-bond acceptors (Lipinski definition) is 6. The number of hydrogen-bond donors (Lipinski definition) is 1. The Balaban J connectivity index is 2.27. The number of halogens is 2. The van der Waals surface area contributed by atoms with Gasteiger partial charge < -0.3 is 14.8 Å². The molecule has 0 bridgehead atoms. The lowest BCUT2D eigenvalue weighted by atomic mass is 10.3. The van der Waals surface area contributed by atoms with Crippen LogP contribution in [0.1, 0.15) is 6.92 Å². The van der Waals surface area contributed by atoms with Crippen molar-refractivity contribution < 1.29 is 13.9 Å². The highest BCUT2D eigenvalue weighted by molar-refractivity contribution is 6.30. The van der Waals surface area contributed by atoms with Crippen LogP contribution in [0.3, 0.4) is 0 Å². The second-order valence-corrected chi connectivity index (χ2v) is 3.99. The zero-order valence-corrected chi connectivity index (χ0v) is 11.6. The standard InChI is InChI=1S/C12H12ClFN4O2/c1-3-19-11-16-10(15-2)17-12(18-11)20-7-4-5-8(13)9(14)6-7/h4-6H,3H2,1-2H3,(H,15,16,17,18). The molecule has 1 heterocycles. The molecule has 1 N–H and O–H groups in total. The molecule has 0 spiro atoms. The van der Waals surface area contributed by atoms with Crippen molar-refractivity contribution in [3.63, 3.8) is 0 Å². The van der Waals surface area contributed by atoms with Gasteiger partial charge in [0.15, 0.2) is 0 Å². The van der Waals surface area contributed by atoms with Crippen molar-refractivity contribution in [2.75, 3.05) is 19.0 Å². The van der Waals surface area contributed by atoms with Crippen LogP contribution in [0.2, 0.25) is 5.02 Å². The Morgan fingerprint density at radius 2 is 2.00 bits per heavy atom. The third-order valence-electron chi connectivity index (χ3n) is 2.19. The maximum Gasteiger partial charge on any atom is 0.330 e. The predicted octanol–water partition coefficient (Wildman–Crippen LogP) is 2.90. The minimum absolute atomic E-state index is 0.00507. The fourth-order valence-electron chi connectivity index (χ4n) is 1.33. The fourth-order valence-corrected chi connectivity index (χ4v) is 1.45. The molecule has 20 heavy (non-hydrogen) atoms. The molecule has 1 aromatic carbocycles. The van der Waals surface area contributed by atoms with Crippen LogP contribution in [0.4, 0.5) is 10.3 Å². The fraction of sp³-hybridized carbons (Fsp3) is 0.250. The molecule has 0 atom stereocenters. The Kier molecular flexibility index (Phi) is 4.52. The summed E-state index contributed by atoms with van der Waals surface area (Å²) in [5.41, 5.74) is 0. The summed E-state index contributed by atoms with van der Waals surface area (Å²) < 4.78 is 23.9. The molecule has 0 aliphatic carbocycles. The predicted molar refractivity (Wildman–Crippen MR) is 72.0 cm³/mol. The summed E-state index contributed by atoms with van der Waals surface area (Å²) >= 11 is 5.60. The van der Waals surface area contributed by atoms with Gasteiger partial charge in [-0.25, -0.2) is 4.39 Å². The number of ether oxygens (including phenoxy) is 2. The van der Waals surface area contributed by atoms with E-state index >= 15 is 0 Å². The average Bonchev–Trinajstić information content (AvgIpc) is 2.43. The minimum atomic E-state index is -0.586. The lowest BCUT2D eigenvalue weighted by Gasteiger charge is -2.08. The molecule has 0 amide bonds. The first-order chi connectivity index (χ1) is 9.62. The molecule has 0 aliphatic rings. The van der Waals surface area contributed by atoms with Crippen LogP contribution in [-0.2, 0) is 0 Å². The number of anilines is 1. The maximum absolute atomic E-state index is 13.3.